The molecule has 0 aliphatic carbocycles. The third kappa shape index (κ3) is 5.84. The van der Waals surface area contributed by atoms with Crippen LogP contribution in [0.4, 0.5) is 23.7 Å². The van der Waals surface area contributed by atoms with E-state index in [-0.39, 0.29) is 18.7 Å². The van der Waals surface area contributed by atoms with E-state index >= 15 is 0 Å². The standard InChI is InChI=1S/C25H30F3N7O4/c1-38-23-20(25(26,27)28)12-17(13-29-23)34-5-3-21-19(15-34)22(31-16-30-21)39-18-2-4-35(14-18)24(37)33-8-6-32(7-9-33)10-11-36/h11-13,16,18H,2-10,14-15H2,1H3. The first kappa shape index (κ1) is 26.9. The molecule has 0 saturated carbocycles. The predicted octanol–water partition coefficient (Wildman–Crippen LogP) is 1.85. The lowest BCUT2D eigenvalue weighted by Gasteiger charge is -2.35. The van der Waals surface area contributed by atoms with Crippen LogP contribution in [0.5, 0.6) is 11.8 Å². The second-order valence-corrected chi connectivity index (χ2v) is 9.74. The van der Waals surface area contributed by atoms with Gasteiger partial charge in [0.15, 0.2) is 0 Å². The van der Waals surface area contributed by atoms with Gasteiger partial charge in [-0.2, -0.15) is 13.2 Å². The van der Waals surface area contributed by atoms with Gasteiger partial charge in [-0.25, -0.2) is 19.7 Å². The molecule has 39 heavy (non-hydrogen) atoms. The number of likely N-dealkylation sites (tertiary alicyclic amines) is 1. The number of carbonyl (C=O) groups excluding carboxylic acids is 2. The summed E-state index contributed by atoms with van der Waals surface area (Å²) >= 11 is 0. The van der Waals surface area contributed by atoms with Gasteiger partial charge in [0.2, 0.25) is 11.8 Å². The lowest BCUT2D eigenvalue weighted by Crippen LogP contribution is -2.52. The lowest BCUT2D eigenvalue weighted by atomic mass is 10.1. The molecule has 1 unspecified atom stereocenters. The molecule has 5 rings (SSSR count). The van der Waals surface area contributed by atoms with Gasteiger partial charge in [-0.3, -0.25) is 4.90 Å². The van der Waals surface area contributed by atoms with Crippen LogP contribution in [0.3, 0.4) is 0 Å². The third-order valence-electron chi connectivity index (χ3n) is 7.33. The fourth-order valence-corrected chi connectivity index (χ4v) is 5.20. The lowest BCUT2D eigenvalue weighted by molar-refractivity contribution is -0.139. The molecule has 3 aliphatic heterocycles. The van der Waals surface area contributed by atoms with E-state index in [2.05, 4.69) is 15.0 Å². The van der Waals surface area contributed by atoms with E-state index in [0.29, 0.717) is 82.3 Å². The van der Waals surface area contributed by atoms with Crippen molar-refractivity contribution in [1.29, 1.82) is 0 Å². The van der Waals surface area contributed by atoms with E-state index in [1.165, 1.54) is 12.5 Å². The molecular formula is C25H30F3N7O4. The van der Waals surface area contributed by atoms with Crippen molar-refractivity contribution in [2.45, 2.75) is 31.7 Å². The summed E-state index contributed by atoms with van der Waals surface area (Å²) in [7, 11) is 1.16. The molecule has 14 heteroatoms. The molecule has 0 N–H and O–H groups in total. The number of halogens is 3. The van der Waals surface area contributed by atoms with Crippen LogP contribution in [0.15, 0.2) is 18.6 Å². The molecule has 0 radical (unpaired) electrons. The van der Waals surface area contributed by atoms with Gasteiger partial charge in [0, 0.05) is 52.1 Å². The minimum atomic E-state index is -4.60. The summed E-state index contributed by atoms with van der Waals surface area (Å²) in [6.45, 7) is 4.52. The molecule has 0 bridgehead atoms. The number of fused-ring (bicyclic) bond motifs is 1. The van der Waals surface area contributed by atoms with Crippen molar-refractivity contribution < 1.29 is 32.2 Å². The number of pyridine rings is 1. The van der Waals surface area contributed by atoms with E-state index in [0.717, 1.165) is 25.2 Å². The Hall–Kier alpha value is -3.68. The van der Waals surface area contributed by atoms with Crippen LogP contribution in [0, 0.1) is 0 Å². The van der Waals surface area contributed by atoms with Crippen LogP contribution in [-0.2, 0) is 23.9 Å². The molecule has 210 valence electrons. The molecule has 3 aliphatic rings. The maximum atomic E-state index is 13.5. The van der Waals surface area contributed by atoms with Crippen molar-refractivity contribution in [3.8, 4) is 11.8 Å². The van der Waals surface area contributed by atoms with E-state index in [4.69, 9.17) is 9.47 Å². The molecule has 2 saturated heterocycles. The second kappa shape index (κ2) is 11.2. The monoisotopic (exact) mass is 549 g/mol. The summed E-state index contributed by atoms with van der Waals surface area (Å²) in [4.78, 5) is 43.7. The zero-order valence-electron chi connectivity index (χ0n) is 21.6. The van der Waals surface area contributed by atoms with Gasteiger partial charge in [-0.1, -0.05) is 0 Å². The van der Waals surface area contributed by atoms with E-state index in [9.17, 15) is 22.8 Å². The Balaban J connectivity index is 1.24. The number of ether oxygens (including phenoxy) is 2. The number of hydrogen-bond acceptors (Lipinski definition) is 9. The van der Waals surface area contributed by atoms with E-state index < -0.39 is 17.6 Å². The highest BCUT2D eigenvalue weighted by molar-refractivity contribution is 5.75. The van der Waals surface area contributed by atoms with Crippen molar-refractivity contribution in [3.63, 3.8) is 0 Å². The van der Waals surface area contributed by atoms with Crippen LogP contribution in [0.25, 0.3) is 0 Å². The highest BCUT2D eigenvalue weighted by Crippen LogP contribution is 2.38. The minimum absolute atomic E-state index is 0.0461. The second-order valence-electron chi connectivity index (χ2n) is 9.74. The molecule has 2 amide bonds. The fraction of sp³-hybridized carbons (Fsp3) is 0.560. The fourth-order valence-electron chi connectivity index (χ4n) is 5.20. The van der Waals surface area contributed by atoms with Crippen molar-refractivity contribution in [2.24, 2.45) is 0 Å². The molecule has 2 aromatic rings. The number of amides is 2. The van der Waals surface area contributed by atoms with E-state index in [1.54, 1.807) is 14.7 Å². The quantitative estimate of drug-likeness (QED) is 0.500. The Morgan fingerprint density at radius 1 is 1.08 bits per heavy atom. The van der Waals surface area contributed by atoms with Crippen molar-refractivity contribution in [2.75, 3.05) is 64.4 Å². The van der Waals surface area contributed by atoms with E-state index in [1.807, 2.05) is 4.90 Å². The smallest absolute Gasteiger partial charge is 0.421 e. The molecular weight excluding hydrogens is 519 g/mol. The Morgan fingerprint density at radius 3 is 2.59 bits per heavy atom. The molecule has 2 fully saturated rings. The van der Waals surface area contributed by atoms with Gasteiger partial charge in [0.25, 0.3) is 0 Å². The summed E-state index contributed by atoms with van der Waals surface area (Å²) in [5, 5.41) is 0. The number of anilines is 1. The minimum Gasteiger partial charge on any atom is -0.481 e. The topological polar surface area (TPSA) is 104 Å². The summed E-state index contributed by atoms with van der Waals surface area (Å²) in [6, 6.07) is 0.996. The normalized spacial score (nSPS) is 20.1. The highest BCUT2D eigenvalue weighted by atomic mass is 19.4. The number of alkyl halides is 3. The summed E-state index contributed by atoms with van der Waals surface area (Å²) < 4.78 is 51.7. The first-order valence-corrected chi connectivity index (χ1v) is 12.8. The third-order valence-corrected chi connectivity index (χ3v) is 7.33. The largest absolute Gasteiger partial charge is 0.481 e. The van der Waals surface area contributed by atoms with Crippen LogP contribution < -0.4 is 14.4 Å². The average molecular weight is 550 g/mol. The number of methoxy groups -OCH3 is 1. The highest BCUT2D eigenvalue weighted by Gasteiger charge is 2.37. The van der Waals surface area contributed by atoms with Gasteiger partial charge in [0.05, 0.1) is 49.9 Å². The van der Waals surface area contributed by atoms with Crippen LogP contribution >= 0.6 is 0 Å². The zero-order chi connectivity index (χ0) is 27.6. The predicted molar refractivity (Wildman–Crippen MR) is 133 cm³/mol. The molecule has 1 atom stereocenters. The number of aromatic nitrogens is 3. The number of piperazine rings is 1. The zero-order valence-corrected chi connectivity index (χ0v) is 21.6. The molecule has 11 nitrogen and oxygen atoms in total. The Bertz CT molecular complexity index is 1210. The van der Waals surface area contributed by atoms with Gasteiger partial charge in [-0.05, 0) is 6.07 Å². The number of aldehydes is 1. The van der Waals surface area contributed by atoms with Crippen molar-refractivity contribution in [3.05, 3.63) is 35.4 Å². The maximum absolute atomic E-state index is 13.5. The number of carbonyl (C=O) groups is 2. The first-order valence-electron chi connectivity index (χ1n) is 12.8. The number of rotatable bonds is 6. The Morgan fingerprint density at radius 2 is 1.87 bits per heavy atom. The average Bonchev–Trinajstić information content (AvgIpc) is 3.41. The van der Waals surface area contributed by atoms with Gasteiger partial charge in [0.1, 0.15) is 24.3 Å². The van der Waals surface area contributed by atoms with Crippen LogP contribution in [0.1, 0.15) is 23.2 Å². The molecule has 0 aromatic carbocycles. The summed E-state index contributed by atoms with van der Waals surface area (Å²) in [6.07, 6.45) is -0.0599. The van der Waals surface area contributed by atoms with Crippen molar-refractivity contribution >= 4 is 18.0 Å². The van der Waals surface area contributed by atoms with Gasteiger partial charge >= 0.3 is 12.2 Å². The number of urea groups is 1. The SMILES string of the molecule is COc1ncc(N2CCc3ncnc(OC4CCN(C(=O)N5CCN(CC=O)CC5)C4)c3C2)cc1C(F)(F)F. The Labute approximate surface area is 223 Å². The molecule has 2 aromatic heterocycles. The molecule has 5 heterocycles. The first-order chi connectivity index (χ1) is 18.8. The maximum Gasteiger partial charge on any atom is 0.421 e. The number of hydrogen-bond donors (Lipinski definition) is 0. The van der Waals surface area contributed by atoms with Gasteiger partial charge in [-0.15, -0.1) is 0 Å². The Kier molecular flexibility index (Phi) is 7.73. The van der Waals surface area contributed by atoms with Crippen LogP contribution in [-0.4, -0.2) is 108 Å². The van der Waals surface area contributed by atoms with Crippen LogP contribution in [0.2, 0.25) is 0 Å². The van der Waals surface area contributed by atoms with Crippen molar-refractivity contribution in [1.82, 2.24) is 29.7 Å². The summed E-state index contributed by atoms with van der Waals surface area (Å²) in [5.74, 6) is -0.0943. The van der Waals surface area contributed by atoms with Gasteiger partial charge < -0.3 is 29.0 Å². The summed E-state index contributed by atoms with van der Waals surface area (Å²) in [5.41, 5.74) is 0.876. The number of nitrogens with zero attached hydrogens (tertiary/aromatic N) is 7. The molecule has 0 spiro atoms.